The molecule has 8 nitrogen and oxygen atoms in total. The van der Waals surface area contributed by atoms with Gasteiger partial charge < -0.3 is 8.92 Å². The first-order valence-electron chi connectivity index (χ1n) is 10.3. The van der Waals surface area contributed by atoms with Gasteiger partial charge in [0.05, 0.1) is 23.7 Å². The van der Waals surface area contributed by atoms with Gasteiger partial charge in [0.2, 0.25) is 0 Å². The summed E-state index contributed by atoms with van der Waals surface area (Å²) in [5.74, 6) is -0.0670. The van der Waals surface area contributed by atoms with Crippen LogP contribution in [0.15, 0.2) is 89.8 Å². The van der Waals surface area contributed by atoms with Crippen molar-refractivity contribution in [1.29, 1.82) is 5.26 Å². The minimum absolute atomic E-state index is 0.0797. The van der Waals surface area contributed by atoms with Gasteiger partial charge >= 0.3 is 10.1 Å². The molecule has 0 amide bonds. The smallest absolute Gasteiger partial charge is 0.346 e. The van der Waals surface area contributed by atoms with Crippen LogP contribution in [0.1, 0.15) is 11.1 Å². The molecule has 35 heavy (non-hydrogen) atoms. The minimum atomic E-state index is -4.52. The van der Waals surface area contributed by atoms with Gasteiger partial charge in [0.25, 0.3) is 5.69 Å². The average molecular weight is 487 g/mol. The van der Waals surface area contributed by atoms with Crippen molar-refractivity contribution in [2.24, 2.45) is 0 Å². The number of nitrogens with zero attached hydrogens (tertiary/aromatic N) is 2. The summed E-state index contributed by atoms with van der Waals surface area (Å²) in [5, 5.41) is 23.0. The summed E-state index contributed by atoms with van der Waals surface area (Å²) in [7, 11) is -3.18. The monoisotopic (exact) mass is 486 g/mol. The fourth-order valence-electron chi connectivity index (χ4n) is 3.62. The Labute approximate surface area is 201 Å². The van der Waals surface area contributed by atoms with Crippen molar-refractivity contribution in [2.75, 3.05) is 7.11 Å². The molecular formula is C26H18N2O6S. The van der Waals surface area contributed by atoms with Crippen molar-refractivity contribution in [2.45, 2.75) is 4.90 Å². The van der Waals surface area contributed by atoms with Crippen molar-refractivity contribution in [1.82, 2.24) is 0 Å². The van der Waals surface area contributed by atoms with Gasteiger partial charge in [-0.15, -0.1) is 0 Å². The predicted octanol–water partition coefficient (Wildman–Crippen LogP) is 5.59. The Morgan fingerprint density at radius 2 is 1.69 bits per heavy atom. The average Bonchev–Trinajstić information content (AvgIpc) is 2.87. The van der Waals surface area contributed by atoms with Crippen molar-refractivity contribution >= 4 is 38.2 Å². The van der Waals surface area contributed by atoms with Gasteiger partial charge in [-0.3, -0.25) is 10.1 Å². The van der Waals surface area contributed by atoms with E-state index < -0.39 is 25.6 Å². The van der Waals surface area contributed by atoms with Crippen LogP contribution in [0.25, 0.3) is 22.4 Å². The first-order valence-corrected chi connectivity index (χ1v) is 11.7. The fourth-order valence-corrected chi connectivity index (χ4v) is 4.73. The van der Waals surface area contributed by atoms with E-state index in [4.69, 9.17) is 8.92 Å². The van der Waals surface area contributed by atoms with Gasteiger partial charge in [-0.05, 0) is 40.6 Å². The molecule has 174 valence electrons. The van der Waals surface area contributed by atoms with E-state index in [1.807, 2.05) is 42.5 Å². The Kier molecular flexibility index (Phi) is 6.48. The summed E-state index contributed by atoms with van der Waals surface area (Å²) in [4.78, 5) is 9.88. The van der Waals surface area contributed by atoms with Crippen LogP contribution in [0.3, 0.4) is 0 Å². The Morgan fingerprint density at radius 1 is 0.971 bits per heavy atom. The number of methoxy groups -OCH3 is 1. The predicted molar refractivity (Wildman–Crippen MR) is 131 cm³/mol. The lowest BCUT2D eigenvalue weighted by molar-refractivity contribution is -0.387. The van der Waals surface area contributed by atoms with E-state index in [2.05, 4.69) is 6.07 Å². The molecule has 0 fully saturated rings. The highest BCUT2D eigenvalue weighted by Gasteiger charge is 2.28. The van der Waals surface area contributed by atoms with E-state index in [1.54, 1.807) is 12.1 Å². The number of nitro groups is 1. The van der Waals surface area contributed by atoms with E-state index in [1.165, 1.54) is 31.4 Å². The zero-order valence-corrected chi connectivity index (χ0v) is 19.2. The molecule has 4 aromatic rings. The molecule has 0 atom stereocenters. The van der Waals surface area contributed by atoms with Crippen LogP contribution in [0.5, 0.6) is 11.5 Å². The third-order valence-electron chi connectivity index (χ3n) is 5.23. The Morgan fingerprint density at radius 3 is 2.43 bits per heavy atom. The summed E-state index contributed by atoms with van der Waals surface area (Å²) in [6.45, 7) is 0. The maximum absolute atomic E-state index is 12.8. The van der Waals surface area contributed by atoms with Gasteiger partial charge in [0.1, 0.15) is 0 Å². The molecule has 0 heterocycles. The van der Waals surface area contributed by atoms with Crippen molar-refractivity contribution < 1.29 is 22.3 Å². The maximum atomic E-state index is 12.8. The summed E-state index contributed by atoms with van der Waals surface area (Å²) in [6.07, 6.45) is 1.66. The molecule has 0 aliphatic rings. The van der Waals surface area contributed by atoms with Crippen molar-refractivity contribution in [3.8, 4) is 17.6 Å². The van der Waals surface area contributed by atoms with Crippen LogP contribution in [-0.4, -0.2) is 20.5 Å². The van der Waals surface area contributed by atoms with Crippen LogP contribution in [0, 0.1) is 21.4 Å². The number of nitro benzene ring substituents is 1. The lowest BCUT2D eigenvalue weighted by Gasteiger charge is -2.12. The third-order valence-corrected chi connectivity index (χ3v) is 6.51. The molecule has 0 aliphatic heterocycles. The summed E-state index contributed by atoms with van der Waals surface area (Å²) >= 11 is 0. The third kappa shape index (κ3) is 4.83. The molecule has 0 aliphatic carbocycles. The van der Waals surface area contributed by atoms with Gasteiger partial charge in [-0.25, -0.2) is 0 Å². The zero-order valence-electron chi connectivity index (χ0n) is 18.4. The molecular weight excluding hydrogens is 468 g/mol. The first-order chi connectivity index (χ1) is 16.8. The number of allylic oxidation sites excluding steroid dienone is 1. The van der Waals surface area contributed by atoms with E-state index in [-0.39, 0.29) is 11.5 Å². The molecule has 4 aromatic carbocycles. The van der Waals surface area contributed by atoms with Crippen LogP contribution in [-0.2, 0) is 10.1 Å². The molecule has 0 unspecified atom stereocenters. The van der Waals surface area contributed by atoms with E-state index >= 15 is 0 Å². The quantitative estimate of drug-likeness (QED) is 0.110. The van der Waals surface area contributed by atoms with E-state index in [9.17, 15) is 23.8 Å². The molecule has 0 saturated heterocycles. The topological polar surface area (TPSA) is 120 Å². The van der Waals surface area contributed by atoms with Gasteiger partial charge in [-0.1, -0.05) is 60.7 Å². The highest BCUT2D eigenvalue weighted by atomic mass is 32.2. The molecule has 0 aromatic heterocycles. The van der Waals surface area contributed by atoms with Gasteiger partial charge in [-0.2, -0.15) is 13.7 Å². The van der Waals surface area contributed by atoms with Crippen LogP contribution in [0.4, 0.5) is 5.69 Å². The number of para-hydroxylation sites is 1. The lowest BCUT2D eigenvalue weighted by atomic mass is 9.97. The second-order valence-corrected chi connectivity index (χ2v) is 8.88. The van der Waals surface area contributed by atoms with Crippen molar-refractivity contribution in [3.05, 3.63) is 106 Å². The second-order valence-electron chi connectivity index (χ2n) is 7.37. The SMILES string of the molecule is COc1cc(/C=C(\C#N)c2cccc3ccccc23)ccc1OS(=O)(=O)c1ccccc1[N+](=O)[O-]. The minimum Gasteiger partial charge on any atom is -0.493 e. The molecule has 9 heteroatoms. The molecule has 0 radical (unpaired) electrons. The van der Waals surface area contributed by atoms with Crippen LogP contribution < -0.4 is 8.92 Å². The Balaban J connectivity index is 1.72. The second kappa shape index (κ2) is 9.67. The molecule has 0 spiro atoms. The maximum Gasteiger partial charge on any atom is 0.346 e. The highest BCUT2D eigenvalue weighted by molar-refractivity contribution is 7.87. The van der Waals surface area contributed by atoms with Gasteiger partial charge in [0.15, 0.2) is 16.4 Å². The summed E-state index contributed by atoms with van der Waals surface area (Å²) in [5.41, 5.74) is 1.13. The largest absolute Gasteiger partial charge is 0.493 e. The molecule has 0 saturated carbocycles. The molecule has 4 rings (SSSR count). The first kappa shape index (κ1) is 23.5. The number of hydrogen-bond acceptors (Lipinski definition) is 7. The summed E-state index contributed by atoms with van der Waals surface area (Å²) in [6, 6.07) is 25.0. The number of hydrogen-bond donors (Lipinski definition) is 0. The van der Waals surface area contributed by atoms with E-state index in [0.717, 1.165) is 28.5 Å². The number of fused-ring (bicyclic) bond motifs is 1. The Bertz CT molecular complexity index is 1620. The molecule has 0 N–H and O–H groups in total. The number of rotatable bonds is 7. The molecule has 0 bridgehead atoms. The van der Waals surface area contributed by atoms with Crippen LogP contribution in [0.2, 0.25) is 0 Å². The fraction of sp³-hybridized carbons (Fsp3) is 0.0385. The Hall–Kier alpha value is -4.68. The van der Waals surface area contributed by atoms with E-state index in [0.29, 0.717) is 11.1 Å². The normalized spacial score (nSPS) is 11.6. The van der Waals surface area contributed by atoms with Crippen molar-refractivity contribution in [3.63, 3.8) is 0 Å². The standard InChI is InChI=1S/C26H18N2O6S/c1-33-25-16-18(15-20(17-27)22-10-6-8-19-7-2-3-9-21(19)22)13-14-24(25)34-35(31,32)26-12-5-4-11-23(26)28(29)30/h2-16H,1H3/b20-15+. The zero-order chi connectivity index (χ0) is 25.0. The summed E-state index contributed by atoms with van der Waals surface area (Å²) < 4.78 is 36.0. The van der Waals surface area contributed by atoms with Crippen LogP contribution >= 0.6 is 0 Å². The highest BCUT2D eigenvalue weighted by Crippen LogP contribution is 2.34. The number of nitriles is 1. The lowest BCUT2D eigenvalue weighted by Crippen LogP contribution is -2.12. The number of ether oxygens (including phenoxy) is 1. The van der Waals surface area contributed by atoms with Gasteiger partial charge in [0, 0.05) is 11.6 Å². The number of benzene rings is 4.